The van der Waals surface area contributed by atoms with Gasteiger partial charge in [-0.1, -0.05) is 11.2 Å². The van der Waals surface area contributed by atoms with Gasteiger partial charge in [-0.3, -0.25) is 0 Å². The highest BCUT2D eigenvalue weighted by Gasteiger charge is 2.18. The quantitative estimate of drug-likeness (QED) is 0.859. The molecule has 0 spiro atoms. The van der Waals surface area contributed by atoms with Gasteiger partial charge in [0.2, 0.25) is 5.82 Å². The van der Waals surface area contributed by atoms with Crippen LogP contribution in [0.1, 0.15) is 11.7 Å². The molecule has 20 heavy (non-hydrogen) atoms. The highest BCUT2D eigenvalue weighted by molar-refractivity contribution is 5.22. The number of nitrogens with zero attached hydrogens (tertiary/aromatic N) is 2. The average Bonchev–Trinajstić information content (AvgIpc) is 2.83. The topological polar surface area (TPSA) is 69.4 Å². The van der Waals surface area contributed by atoms with E-state index in [1.165, 1.54) is 12.1 Å². The van der Waals surface area contributed by atoms with Crippen molar-refractivity contribution >= 4 is 0 Å². The molecule has 3 rings (SSSR count). The fraction of sp³-hybridized carbons (Fsp3) is 0.385. The third kappa shape index (κ3) is 3.31. The van der Waals surface area contributed by atoms with Crippen molar-refractivity contribution in [2.75, 3.05) is 13.1 Å². The summed E-state index contributed by atoms with van der Waals surface area (Å²) in [5.74, 6) is 0.890. The summed E-state index contributed by atoms with van der Waals surface area (Å²) < 4.78 is 28.9. The monoisotopic (exact) mass is 279 g/mol. The molecule has 0 atom stereocenters. The number of nitrogens with one attached hydrogen (secondary N) is 1. The van der Waals surface area contributed by atoms with Gasteiger partial charge in [-0.25, -0.2) is 4.39 Å². The summed E-state index contributed by atoms with van der Waals surface area (Å²) in [6.45, 7) is 2.12. The standard InChI is InChI=1S/C13H14FN3O3/c14-9-2-1-3-10(4-9)18-7-12-16-13(20-17-12)8-19-11-5-15-6-11/h1-4,11,15H,5-8H2. The van der Waals surface area contributed by atoms with Crippen LogP contribution in [0.4, 0.5) is 4.39 Å². The third-order valence-corrected chi connectivity index (χ3v) is 2.86. The molecule has 1 aromatic heterocycles. The van der Waals surface area contributed by atoms with Crippen molar-refractivity contribution in [3.05, 3.63) is 41.8 Å². The Kier molecular flexibility index (Phi) is 3.89. The zero-order valence-electron chi connectivity index (χ0n) is 10.7. The smallest absolute Gasteiger partial charge is 0.252 e. The molecule has 0 amide bonds. The predicted octanol–water partition coefficient (Wildman–Crippen LogP) is 1.28. The zero-order chi connectivity index (χ0) is 13.8. The lowest BCUT2D eigenvalue weighted by Gasteiger charge is -2.26. The second kappa shape index (κ2) is 5.98. The van der Waals surface area contributed by atoms with Crippen molar-refractivity contribution in [3.8, 4) is 5.75 Å². The van der Waals surface area contributed by atoms with Crippen LogP contribution in [0.15, 0.2) is 28.8 Å². The number of hydrogen-bond acceptors (Lipinski definition) is 6. The van der Waals surface area contributed by atoms with E-state index in [4.69, 9.17) is 14.0 Å². The molecule has 7 heteroatoms. The number of hydrogen-bond donors (Lipinski definition) is 1. The van der Waals surface area contributed by atoms with Gasteiger partial charge in [0, 0.05) is 19.2 Å². The first-order valence-electron chi connectivity index (χ1n) is 6.32. The largest absolute Gasteiger partial charge is 0.485 e. The van der Waals surface area contributed by atoms with Gasteiger partial charge in [0.05, 0.1) is 6.10 Å². The van der Waals surface area contributed by atoms with Crippen molar-refractivity contribution in [1.82, 2.24) is 15.5 Å². The van der Waals surface area contributed by atoms with Crippen LogP contribution < -0.4 is 10.1 Å². The fourth-order valence-corrected chi connectivity index (χ4v) is 1.68. The van der Waals surface area contributed by atoms with Gasteiger partial charge < -0.3 is 19.3 Å². The molecule has 0 radical (unpaired) electrons. The van der Waals surface area contributed by atoms with Crippen molar-refractivity contribution in [3.63, 3.8) is 0 Å². The first-order chi connectivity index (χ1) is 9.79. The Balaban J connectivity index is 1.49. The Morgan fingerprint density at radius 1 is 1.35 bits per heavy atom. The number of halogens is 1. The van der Waals surface area contributed by atoms with E-state index in [-0.39, 0.29) is 18.5 Å². The molecule has 1 saturated heterocycles. The lowest BCUT2D eigenvalue weighted by molar-refractivity contribution is -0.00397. The molecular formula is C13H14FN3O3. The molecule has 1 fully saturated rings. The molecule has 1 N–H and O–H groups in total. The van der Waals surface area contributed by atoms with E-state index in [2.05, 4.69) is 15.5 Å². The minimum absolute atomic E-state index is 0.123. The molecule has 6 nitrogen and oxygen atoms in total. The fourth-order valence-electron chi connectivity index (χ4n) is 1.68. The number of benzene rings is 1. The summed E-state index contributed by atoms with van der Waals surface area (Å²) >= 11 is 0. The Labute approximate surface area is 114 Å². The van der Waals surface area contributed by atoms with E-state index < -0.39 is 0 Å². The van der Waals surface area contributed by atoms with E-state index >= 15 is 0 Å². The molecule has 1 aromatic carbocycles. The second-order valence-corrected chi connectivity index (χ2v) is 4.44. The van der Waals surface area contributed by atoms with Gasteiger partial charge in [0.25, 0.3) is 5.89 Å². The molecular weight excluding hydrogens is 265 g/mol. The molecule has 1 aliphatic rings. The Morgan fingerprint density at radius 3 is 3.00 bits per heavy atom. The van der Waals surface area contributed by atoms with E-state index in [9.17, 15) is 4.39 Å². The lowest BCUT2D eigenvalue weighted by Crippen LogP contribution is -2.48. The Bertz CT molecular complexity index is 571. The van der Waals surface area contributed by atoms with Crippen LogP contribution in [0, 0.1) is 5.82 Å². The molecule has 106 valence electrons. The maximum atomic E-state index is 13.0. The van der Waals surface area contributed by atoms with Crippen LogP contribution >= 0.6 is 0 Å². The van der Waals surface area contributed by atoms with Gasteiger partial charge in [-0.05, 0) is 12.1 Å². The molecule has 0 unspecified atom stereocenters. The van der Waals surface area contributed by atoms with Gasteiger partial charge in [0.1, 0.15) is 18.2 Å². The van der Waals surface area contributed by atoms with Gasteiger partial charge in [-0.2, -0.15) is 4.98 Å². The van der Waals surface area contributed by atoms with Crippen molar-refractivity contribution in [2.24, 2.45) is 0 Å². The van der Waals surface area contributed by atoms with Crippen LogP contribution in [0.5, 0.6) is 5.75 Å². The SMILES string of the molecule is Fc1cccc(OCc2noc(COC3CNC3)n2)c1. The van der Waals surface area contributed by atoms with Crippen LogP contribution in [0.2, 0.25) is 0 Å². The predicted molar refractivity (Wildman–Crippen MR) is 66.5 cm³/mol. The minimum Gasteiger partial charge on any atom is -0.485 e. The Morgan fingerprint density at radius 2 is 2.25 bits per heavy atom. The summed E-state index contributed by atoms with van der Waals surface area (Å²) in [4.78, 5) is 4.14. The van der Waals surface area contributed by atoms with E-state index in [0.29, 0.717) is 24.1 Å². The van der Waals surface area contributed by atoms with Crippen molar-refractivity contribution in [1.29, 1.82) is 0 Å². The van der Waals surface area contributed by atoms with Crippen molar-refractivity contribution < 1.29 is 18.4 Å². The highest BCUT2D eigenvalue weighted by atomic mass is 19.1. The van der Waals surface area contributed by atoms with Crippen molar-refractivity contribution in [2.45, 2.75) is 19.3 Å². The van der Waals surface area contributed by atoms with Crippen LogP contribution in [0.25, 0.3) is 0 Å². The third-order valence-electron chi connectivity index (χ3n) is 2.86. The van der Waals surface area contributed by atoms with Crippen LogP contribution in [-0.2, 0) is 18.0 Å². The molecule has 2 aromatic rings. The van der Waals surface area contributed by atoms with E-state index in [1.807, 2.05) is 0 Å². The summed E-state index contributed by atoms with van der Waals surface area (Å²) in [5, 5.41) is 6.88. The molecule has 0 bridgehead atoms. The van der Waals surface area contributed by atoms with E-state index in [1.54, 1.807) is 12.1 Å². The first kappa shape index (κ1) is 13.0. The molecule has 0 aliphatic carbocycles. The zero-order valence-corrected chi connectivity index (χ0v) is 10.7. The molecule has 2 heterocycles. The summed E-state index contributed by atoms with van der Waals surface area (Å²) in [6, 6.07) is 5.89. The van der Waals surface area contributed by atoms with Gasteiger partial charge in [-0.15, -0.1) is 0 Å². The van der Waals surface area contributed by atoms with Gasteiger partial charge >= 0.3 is 0 Å². The molecule has 0 saturated carbocycles. The lowest BCUT2D eigenvalue weighted by atomic mass is 10.2. The van der Waals surface area contributed by atoms with E-state index in [0.717, 1.165) is 13.1 Å². The maximum Gasteiger partial charge on any atom is 0.252 e. The van der Waals surface area contributed by atoms with Crippen LogP contribution in [-0.4, -0.2) is 29.3 Å². The number of ether oxygens (including phenoxy) is 2. The first-order valence-corrected chi connectivity index (χ1v) is 6.32. The average molecular weight is 279 g/mol. The van der Waals surface area contributed by atoms with Gasteiger partial charge in [0.15, 0.2) is 6.61 Å². The second-order valence-electron chi connectivity index (χ2n) is 4.44. The minimum atomic E-state index is -0.348. The Hall–Kier alpha value is -1.99. The maximum absolute atomic E-state index is 13.0. The summed E-state index contributed by atoms with van der Waals surface area (Å²) in [5.41, 5.74) is 0. The molecule has 1 aliphatic heterocycles. The summed E-state index contributed by atoms with van der Waals surface area (Å²) in [7, 11) is 0. The summed E-state index contributed by atoms with van der Waals surface area (Å²) in [6.07, 6.45) is 0.217. The number of rotatable bonds is 6. The highest BCUT2D eigenvalue weighted by Crippen LogP contribution is 2.13. The normalized spacial score (nSPS) is 15.1. The van der Waals surface area contributed by atoms with Crippen LogP contribution in [0.3, 0.4) is 0 Å². The number of aromatic nitrogens is 2.